The van der Waals surface area contributed by atoms with Crippen molar-refractivity contribution < 1.29 is 22.4 Å². The third kappa shape index (κ3) is 7.02. The molecular formula is C24H32FN3O4S. The van der Waals surface area contributed by atoms with Crippen molar-refractivity contribution in [2.45, 2.75) is 52.7 Å². The molecule has 0 radical (unpaired) electrons. The van der Waals surface area contributed by atoms with Crippen LogP contribution < -0.4 is 9.62 Å². The van der Waals surface area contributed by atoms with Crippen LogP contribution in [0.3, 0.4) is 0 Å². The fraction of sp³-hybridized carbons (Fsp3) is 0.417. The van der Waals surface area contributed by atoms with Gasteiger partial charge in [-0.05, 0) is 50.5 Å². The summed E-state index contributed by atoms with van der Waals surface area (Å²) in [5.41, 5.74) is 1.55. The fourth-order valence-electron chi connectivity index (χ4n) is 3.52. The van der Waals surface area contributed by atoms with Crippen LogP contribution in [-0.2, 0) is 26.2 Å². The van der Waals surface area contributed by atoms with Gasteiger partial charge < -0.3 is 10.2 Å². The summed E-state index contributed by atoms with van der Waals surface area (Å²) >= 11 is 0. The number of carbonyl (C=O) groups excluding carboxylic acids is 2. The largest absolute Gasteiger partial charge is 0.352 e. The number of anilines is 1. The third-order valence-corrected chi connectivity index (χ3v) is 6.35. The van der Waals surface area contributed by atoms with Crippen molar-refractivity contribution in [3.05, 3.63) is 65.5 Å². The molecule has 0 aromatic heterocycles. The van der Waals surface area contributed by atoms with Gasteiger partial charge in [-0.2, -0.15) is 0 Å². The van der Waals surface area contributed by atoms with Crippen LogP contribution in [0.2, 0.25) is 0 Å². The predicted octanol–water partition coefficient (Wildman–Crippen LogP) is 3.23. The Kier molecular flexibility index (Phi) is 8.99. The first-order valence-corrected chi connectivity index (χ1v) is 12.7. The molecule has 1 unspecified atom stereocenters. The Morgan fingerprint density at radius 2 is 1.67 bits per heavy atom. The van der Waals surface area contributed by atoms with Crippen LogP contribution in [-0.4, -0.2) is 50.0 Å². The van der Waals surface area contributed by atoms with Gasteiger partial charge in [-0.1, -0.05) is 43.3 Å². The van der Waals surface area contributed by atoms with E-state index in [1.165, 1.54) is 23.1 Å². The summed E-state index contributed by atoms with van der Waals surface area (Å²) in [5.74, 6) is -1.69. The van der Waals surface area contributed by atoms with Crippen LogP contribution in [0.15, 0.2) is 48.5 Å². The van der Waals surface area contributed by atoms with Gasteiger partial charge >= 0.3 is 0 Å². The lowest BCUT2D eigenvalue weighted by molar-refractivity contribution is -0.140. The molecule has 0 bridgehead atoms. The van der Waals surface area contributed by atoms with E-state index in [4.69, 9.17) is 0 Å². The van der Waals surface area contributed by atoms with Gasteiger partial charge in [0.2, 0.25) is 21.8 Å². The maximum atomic E-state index is 14.4. The molecule has 0 aliphatic carbocycles. The number of amides is 2. The topological polar surface area (TPSA) is 86.8 Å². The van der Waals surface area contributed by atoms with Crippen molar-refractivity contribution in [3.8, 4) is 0 Å². The molecule has 0 fully saturated rings. The zero-order valence-electron chi connectivity index (χ0n) is 19.7. The molecule has 7 nitrogen and oxygen atoms in total. The molecule has 0 spiro atoms. The van der Waals surface area contributed by atoms with Crippen molar-refractivity contribution in [1.82, 2.24) is 10.2 Å². The van der Waals surface area contributed by atoms with Gasteiger partial charge in [0.25, 0.3) is 0 Å². The summed E-state index contributed by atoms with van der Waals surface area (Å²) in [5, 5.41) is 2.83. The van der Waals surface area contributed by atoms with Crippen LogP contribution in [0, 0.1) is 12.7 Å². The first kappa shape index (κ1) is 26.3. The number of benzene rings is 2. The Balaban J connectivity index is 2.47. The summed E-state index contributed by atoms with van der Waals surface area (Å²) in [7, 11) is -3.98. The average molecular weight is 478 g/mol. The van der Waals surface area contributed by atoms with E-state index in [-0.39, 0.29) is 24.2 Å². The van der Waals surface area contributed by atoms with Gasteiger partial charge in [0, 0.05) is 12.6 Å². The molecule has 1 atom stereocenters. The van der Waals surface area contributed by atoms with E-state index in [0.29, 0.717) is 6.42 Å². The first-order valence-electron chi connectivity index (χ1n) is 10.8. The summed E-state index contributed by atoms with van der Waals surface area (Å²) in [6.45, 7) is 6.81. The molecule has 2 aromatic carbocycles. The highest BCUT2D eigenvalue weighted by Gasteiger charge is 2.32. The minimum atomic E-state index is -3.98. The van der Waals surface area contributed by atoms with Crippen LogP contribution in [0.4, 0.5) is 10.1 Å². The normalized spacial score (nSPS) is 12.3. The second kappa shape index (κ2) is 11.3. The molecule has 2 aromatic rings. The van der Waals surface area contributed by atoms with Crippen LogP contribution >= 0.6 is 0 Å². The SMILES string of the molecule is CCC(C(=O)NC(C)C)N(Cc1ccccc1C)C(=O)CN(c1ccccc1F)S(C)(=O)=O. The Morgan fingerprint density at radius 3 is 2.21 bits per heavy atom. The van der Waals surface area contributed by atoms with E-state index in [9.17, 15) is 22.4 Å². The van der Waals surface area contributed by atoms with Gasteiger partial charge in [-0.25, -0.2) is 12.8 Å². The minimum absolute atomic E-state index is 0.115. The second-order valence-corrected chi connectivity index (χ2v) is 10.2. The molecule has 9 heteroatoms. The number of rotatable bonds is 10. The van der Waals surface area contributed by atoms with Crippen LogP contribution in [0.25, 0.3) is 0 Å². The highest BCUT2D eigenvalue weighted by molar-refractivity contribution is 7.92. The molecule has 33 heavy (non-hydrogen) atoms. The maximum Gasteiger partial charge on any atom is 0.244 e. The number of sulfonamides is 1. The van der Waals surface area contributed by atoms with Gasteiger partial charge in [-0.15, -0.1) is 0 Å². The Bertz CT molecular complexity index is 1090. The number of para-hydroxylation sites is 1. The Hall–Kier alpha value is -2.94. The lowest BCUT2D eigenvalue weighted by Gasteiger charge is -2.33. The van der Waals surface area contributed by atoms with Gasteiger partial charge in [0.1, 0.15) is 18.4 Å². The Morgan fingerprint density at radius 1 is 1.06 bits per heavy atom. The molecule has 1 N–H and O–H groups in total. The number of nitrogens with one attached hydrogen (secondary N) is 1. The summed E-state index contributed by atoms with van der Waals surface area (Å²) in [6, 6.07) is 11.9. The molecule has 0 heterocycles. The van der Waals surface area contributed by atoms with Crippen molar-refractivity contribution in [3.63, 3.8) is 0 Å². The molecule has 0 aliphatic heterocycles. The highest BCUT2D eigenvalue weighted by Crippen LogP contribution is 2.23. The van der Waals surface area contributed by atoms with E-state index in [2.05, 4.69) is 5.32 Å². The summed E-state index contributed by atoms with van der Waals surface area (Å²) in [6.07, 6.45) is 1.25. The van der Waals surface area contributed by atoms with E-state index in [1.54, 1.807) is 6.92 Å². The number of aryl methyl sites for hydroxylation is 1. The molecule has 2 amide bonds. The molecular weight excluding hydrogens is 445 g/mol. The van der Waals surface area contributed by atoms with Crippen molar-refractivity contribution in [2.75, 3.05) is 17.1 Å². The van der Waals surface area contributed by atoms with Crippen LogP contribution in [0.1, 0.15) is 38.3 Å². The van der Waals surface area contributed by atoms with Crippen molar-refractivity contribution in [1.29, 1.82) is 0 Å². The fourth-order valence-corrected chi connectivity index (χ4v) is 4.37. The number of hydrogen-bond acceptors (Lipinski definition) is 4. The summed E-state index contributed by atoms with van der Waals surface area (Å²) in [4.78, 5) is 27.8. The second-order valence-electron chi connectivity index (χ2n) is 8.26. The quantitative estimate of drug-likeness (QED) is 0.569. The average Bonchev–Trinajstić information content (AvgIpc) is 2.72. The number of nitrogens with zero attached hydrogens (tertiary/aromatic N) is 2. The van der Waals surface area contributed by atoms with E-state index in [1.807, 2.05) is 45.0 Å². The number of halogens is 1. The minimum Gasteiger partial charge on any atom is -0.352 e. The van der Waals surface area contributed by atoms with Crippen molar-refractivity contribution in [2.24, 2.45) is 0 Å². The Labute approximate surface area is 195 Å². The van der Waals surface area contributed by atoms with E-state index >= 15 is 0 Å². The van der Waals surface area contributed by atoms with E-state index in [0.717, 1.165) is 27.8 Å². The lowest BCUT2D eigenvalue weighted by atomic mass is 10.1. The molecule has 180 valence electrons. The third-order valence-electron chi connectivity index (χ3n) is 5.22. The smallest absolute Gasteiger partial charge is 0.244 e. The number of carbonyl (C=O) groups is 2. The highest BCUT2D eigenvalue weighted by atomic mass is 32.2. The molecule has 0 saturated carbocycles. The van der Waals surface area contributed by atoms with Gasteiger partial charge in [0.15, 0.2) is 0 Å². The predicted molar refractivity (Wildman–Crippen MR) is 128 cm³/mol. The van der Waals surface area contributed by atoms with E-state index < -0.39 is 34.3 Å². The monoisotopic (exact) mass is 477 g/mol. The lowest BCUT2D eigenvalue weighted by Crippen LogP contribution is -2.53. The van der Waals surface area contributed by atoms with Gasteiger partial charge in [0.05, 0.1) is 11.9 Å². The van der Waals surface area contributed by atoms with Gasteiger partial charge in [-0.3, -0.25) is 13.9 Å². The zero-order valence-corrected chi connectivity index (χ0v) is 20.5. The van der Waals surface area contributed by atoms with Crippen molar-refractivity contribution >= 4 is 27.5 Å². The van der Waals surface area contributed by atoms with Crippen LogP contribution in [0.5, 0.6) is 0 Å². The number of hydrogen-bond donors (Lipinski definition) is 1. The molecule has 0 aliphatic rings. The standard InChI is InChI=1S/C24H32FN3O4S/c1-6-21(24(30)26-17(2)3)27(15-19-12-8-7-11-18(19)4)23(29)16-28(33(5,31)32)22-14-10-9-13-20(22)25/h7-14,17,21H,6,15-16H2,1-5H3,(H,26,30). The maximum absolute atomic E-state index is 14.4. The summed E-state index contributed by atoms with van der Waals surface area (Å²) < 4.78 is 40.1. The molecule has 2 rings (SSSR count). The first-order chi connectivity index (χ1) is 15.5. The molecule has 0 saturated heterocycles. The zero-order chi connectivity index (χ0) is 24.8.